The normalized spacial score (nSPS) is 17.3. The molecule has 0 aromatic carbocycles. The van der Waals surface area contributed by atoms with Crippen LogP contribution < -0.4 is 0 Å². The lowest BCUT2D eigenvalue weighted by molar-refractivity contribution is -0.192. The number of rotatable bonds is 4. The fourth-order valence-corrected chi connectivity index (χ4v) is 3.21. The van der Waals surface area contributed by atoms with Gasteiger partial charge in [-0.05, 0) is 13.0 Å². The summed E-state index contributed by atoms with van der Waals surface area (Å²) in [5.41, 5.74) is 2.41. The number of methoxy groups -OCH3 is 1. The minimum atomic E-state index is -5.08. The van der Waals surface area contributed by atoms with Crippen LogP contribution in [-0.4, -0.2) is 57.2 Å². The highest BCUT2D eigenvalue weighted by molar-refractivity contribution is 7.09. The van der Waals surface area contributed by atoms with Gasteiger partial charge in [-0.25, -0.2) is 9.78 Å². The first kappa shape index (κ1) is 20.3. The Balaban J connectivity index is 0.000000298. The highest BCUT2D eigenvalue weighted by atomic mass is 32.1. The summed E-state index contributed by atoms with van der Waals surface area (Å²) in [6, 6.07) is 2.38. The molecule has 11 heteroatoms. The maximum atomic E-state index is 10.6. The smallest absolute Gasteiger partial charge is 0.475 e. The Morgan fingerprint density at radius 2 is 2.19 bits per heavy atom. The predicted octanol–water partition coefficient (Wildman–Crippen LogP) is 2.48. The summed E-state index contributed by atoms with van der Waals surface area (Å²) in [5, 5.41) is 14.8. The number of carbonyl (C=O) groups is 1. The van der Waals surface area contributed by atoms with E-state index in [1.807, 2.05) is 13.1 Å². The predicted molar refractivity (Wildman–Crippen MR) is 87.8 cm³/mol. The summed E-state index contributed by atoms with van der Waals surface area (Å²) < 4.78 is 39.1. The number of aryl methyl sites for hydroxylation is 1. The van der Waals surface area contributed by atoms with Gasteiger partial charge in [-0.15, -0.1) is 11.3 Å². The van der Waals surface area contributed by atoms with Crippen LogP contribution in [-0.2, 0) is 22.6 Å². The molecule has 3 rings (SSSR count). The fourth-order valence-electron chi connectivity index (χ4n) is 2.61. The third-order valence-corrected chi connectivity index (χ3v) is 4.43. The largest absolute Gasteiger partial charge is 0.490 e. The first-order valence-electron chi connectivity index (χ1n) is 7.65. The molecular weight excluding hydrogens is 373 g/mol. The van der Waals surface area contributed by atoms with Gasteiger partial charge in [-0.2, -0.15) is 18.3 Å². The minimum Gasteiger partial charge on any atom is -0.475 e. The third kappa shape index (κ3) is 5.51. The summed E-state index contributed by atoms with van der Waals surface area (Å²) in [6.45, 7) is 5.53. The van der Waals surface area contributed by atoms with Crippen LogP contribution >= 0.6 is 11.3 Å². The van der Waals surface area contributed by atoms with E-state index in [0.29, 0.717) is 12.6 Å². The molecule has 0 bridgehead atoms. The number of fused-ring (bicyclic) bond motifs is 1. The van der Waals surface area contributed by atoms with E-state index in [2.05, 4.69) is 31.1 Å². The van der Waals surface area contributed by atoms with Crippen molar-refractivity contribution in [2.45, 2.75) is 32.2 Å². The number of ether oxygens (including phenoxy) is 1. The quantitative estimate of drug-likeness (QED) is 0.861. The van der Waals surface area contributed by atoms with Gasteiger partial charge in [0.15, 0.2) is 0 Å². The maximum Gasteiger partial charge on any atom is 0.490 e. The van der Waals surface area contributed by atoms with Crippen molar-refractivity contribution in [1.82, 2.24) is 19.7 Å². The molecule has 2 aromatic rings. The number of carboxylic acids is 1. The van der Waals surface area contributed by atoms with Crippen LogP contribution in [0.25, 0.3) is 0 Å². The monoisotopic (exact) mass is 392 g/mol. The molecule has 26 heavy (non-hydrogen) atoms. The first-order chi connectivity index (χ1) is 12.2. The zero-order valence-electron chi connectivity index (χ0n) is 14.2. The lowest BCUT2D eigenvalue weighted by Crippen LogP contribution is -2.39. The average molecular weight is 392 g/mol. The van der Waals surface area contributed by atoms with E-state index in [-0.39, 0.29) is 0 Å². The average Bonchev–Trinajstić information content (AvgIpc) is 3.16. The minimum absolute atomic E-state index is 0.295. The van der Waals surface area contributed by atoms with E-state index >= 15 is 0 Å². The highest BCUT2D eigenvalue weighted by Gasteiger charge is 2.38. The van der Waals surface area contributed by atoms with Gasteiger partial charge in [0.05, 0.1) is 29.0 Å². The molecule has 1 atom stereocenters. The SMILES string of the molecule is COCC1CN(Cc2csc(C)n2)Cc2ccnn21.O=C(O)C(F)(F)F. The zero-order valence-corrected chi connectivity index (χ0v) is 15.0. The molecule has 1 unspecified atom stereocenters. The van der Waals surface area contributed by atoms with Crippen molar-refractivity contribution in [3.63, 3.8) is 0 Å². The van der Waals surface area contributed by atoms with Gasteiger partial charge in [0.25, 0.3) is 0 Å². The van der Waals surface area contributed by atoms with E-state index in [1.54, 1.807) is 18.4 Å². The number of hydrogen-bond donors (Lipinski definition) is 1. The standard InChI is InChI=1S/C13H18N4OS.C2HF3O2/c1-10-15-11(9-19-10)5-16-6-12-3-4-14-17(12)13(7-16)8-18-2;3-2(4,5)1(6)7/h3-4,9,13H,5-8H2,1-2H3;(H,6,7). The van der Waals surface area contributed by atoms with Gasteiger partial charge in [0.1, 0.15) is 0 Å². The Morgan fingerprint density at radius 3 is 2.73 bits per heavy atom. The van der Waals surface area contributed by atoms with Crippen molar-refractivity contribution in [1.29, 1.82) is 0 Å². The number of halogens is 3. The van der Waals surface area contributed by atoms with Crippen molar-refractivity contribution in [2.75, 3.05) is 20.3 Å². The molecule has 0 fully saturated rings. The van der Waals surface area contributed by atoms with Gasteiger partial charge in [-0.3, -0.25) is 9.58 Å². The van der Waals surface area contributed by atoms with Gasteiger partial charge < -0.3 is 9.84 Å². The molecule has 144 valence electrons. The van der Waals surface area contributed by atoms with Gasteiger partial charge in [0.2, 0.25) is 0 Å². The molecule has 0 radical (unpaired) electrons. The van der Waals surface area contributed by atoms with Crippen LogP contribution in [0.4, 0.5) is 13.2 Å². The molecule has 0 aliphatic carbocycles. The number of thiazole rings is 1. The van der Waals surface area contributed by atoms with Crippen molar-refractivity contribution in [2.24, 2.45) is 0 Å². The van der Waals surface area contributed by atoms with Crippen molar-refractivity contribution >= 4 is 17.3 Å². The van der Waals surface area contributed by atoms with Crippen molar-refractivity contribution < 1.29 is 27.8 Å². The number of carboxylic acid groups (broad SMARTS) is 1. The number of alkyl halides is 3. The molecule has 1 aliphatic rings. The second-order valence-corrected chi connectivity index (χ2v) is 6.77. The van der Waals surface area contributed by atoms with E-state index in [1.165, 1.54) is 5.69 Å². The number of aliphatic carboxylic acids is 1. The Morgan fingerprint density at radius 1 is 1.50 bits per heavy atom. The first-order valence-corrected chi connectivity index (χ1v) is 8.53. The van der Waals surface area contributed by atoms with E-state index in [9.17, 15) is 13.2 Å². The maximum absolute atomic E-state index is 10.6. The summed E-state index contributed by atoms with van der Waals surface area (Å²) >= 11 is 1.71. The Labute approximate surface area is 152 Å². The summed E-state index contributed by atoms with van der Waals surface area (Å²) in [5.74, 6) is -2.76. The lowest BCUT2D eigenvalue weighted by Gasteiger charge is -2.33. The number of aromatic nitrogens is 3. The van der Waals surface area contributed by atoms with E-state index in [4.69, 9.17) is 14.6 Å². The molecule has 7 nitrogen and oxygen atoms in total. The number of hydrogen-bond acceptors (Lipinski definition) is 6. The molecule has 2 aromatic heterocycles. The van der Waals surface area contributed by atoms with Crippen LogP contribution in [0.1, 0.15) is 22.4 Å². The molecule has 0 amide bonds. The van der Waals surface area contributed by atoms with Gasteiger partial charge in [-0.1, -0.05) is 0 Å². The summed E-state index contributed by atoms with van der Waals surface area (Å²) in [4.78, 5) is 15.9. The zero-order chi connectivity index (χ0) is 19.3. The second-order valence-electron chi connectivity index (χ2n) is 5.71. The molecule has 1 N–H and O–H groups in total. The van der Waals surface area contributed by atoms with Crippen molar-refractivity contribution in [3.05, 3.63) is 34.0 Å². The molecule has 0 saturated carbocycles. The van der Waals surface area contributed by atoms with Crippen molar-refractivity contribution in [3.8, 4) is 0 Å². The molecule has 0 saturated heterocycles. The van der Waals surface area contributed by atoms with Crippen LogP contribution in [0, 0.1) is 6.92 Å². The molecule has 0 spiro atoms. The van der Waals surface area contributed by atoms with Crippen LogP contribution in [0.2, 0.25) is 0 Å². The fraction of sp³-hybridized carbons (Fsp3) is 0.533. The Hall–Kier alpha value is -1.98. The van der Waals surface area contributed by atoms with E-state index in [0.717, 1.165) is 30.3 Å². The molecule has 1 aliphatic heterocycles. The summed E-state index contributed by atoms with van der Waals surface area (Å²) in [6.07, 6.45) is -3.21. The van der Waals surface area contributed by atoms with Crippen LogP contribution in [0.15, 0.2) is 17.6 Å². The van der Waals surface area contributed by atoms with E-state index < -0.39 is 12.1 Å². The topological polar surface area (TPSA) is 80.5 Å². The highest BCUT2D eigenvalue weighted by Crippen LogP contribution is 2.22. The third-order valence-electron chi connectivity index (χ3n) is 3.61. The Kier molecular flexibility index (Phi) is 6.73. The van der Waals surface area contributed by atoms with Gasteiger partial charge >= 0.3 is 12.1 Å². The van der Waals surface area contributed by atoms with Crippen LogP contribution in [0.5, 0.6) is 0 Å². The second kappa shape index (κ2) is 8.60. The van der Waals surface area contributed by atoms with Gasteiger partial charge in [0, 0.05) is 38.3 Å². The lowest BCUT2D eigenvalue weighted by atomic mass is 10.2. The Bertz CT molecular complexity index is 732. The number of nitrogens with zero attached hydrogens (tertiary/aromatic N) is 4. The molecule has 3 heterocycles. The summed E-state index contributed by atoms with van der Waals surface area (Å²) in [7, 11) is 1.74. The molecular formula is C15H19F3N4O3S. The van der Waals surface area contributed by atoms with Crippen LogP contribution in [0.3, 0.4) is 0 Å².